The lowest BCUT2D eigenvalue weighted by Crippen LogP contribution is -3.00. The molecule has 162 valence electrons. The molecule has 0 aliphatic rings. The van der Waals surface area contributed by atoms with Crippen molar-refractivity contribution in [2.45, 2.75) is 96.8 Å². The highest BCUT2D eigenvalue weighted by molar-refractivity contribution is 5.14. The van der Waals surface area contributed by atoms with Gasteiger partial charge in [0.1, 0.15) is 0 Å². The first-order chi connectivity index (χ1) is 13.4. The van der Waals surface area contributed by atoms with Crippen molar-refractivity contribution >= 4 is 0 Å². The molecule has 0 spiro atoms. The number of rotatable bonds is 19. The van der Waals surface area contributed by atoms with E-state index < -0.39 is 0 Å². The fourth-order valence-corrected chi connectivity index (χ4v) is 3.86. The van der Waals surface area contributed by atoms with E-state index in [1.54, 1.807) is 0 Å². The zero-order valence-corrected chi connectivity index (χ0v) is 19.3. The normalized spacial score (nSPS) is 11.8. The van der Waals surface area contributed by atoms with E-state index in [0.717, 1.165) is 5.92 Å². The molecule has 0 aliphatic heterocycles. The van der Waals surface area contributed by atoms with Crippen LogP contribution in [0.1, 0.15) is 96.0 Å². The van der Waals surface area contributed by atoms with E-state index in [2.05, 4.69) is 55.2 Å². The second-order valence-corrected chi connectivity index (χ2v) is 8.21. The maximum absolute atomic E-state index is 4.07. The highest BCUT2D eigenvalue weighted by Gasteiger charge is 2.05. The summed E-state index contributed by atoms with van der Waals surface area (Å²) in [5, 5.41) is 2.48. The Morgan fingerprint density at radius 1 is 0.786 bits per heavy atom. The Bertz CT molecular complexity index is 431. The zero-order chi connectivity index (χ0) is 19.4. The van der Waals surface area contributed by atoms with Crippen LogP contribution in [-0.4, -0.2) is 13.1 Å². The minimum atomic E-state index is 0. The van der Waals surface area contributed by atoms with Gasteiger partial charge >= 0.3 is 0 Å². The van der Waals surface area contributed by atoms with Gasteiger partial charge in [-0.05, 0) is 30.7 Å². The van der Waals surface area contributed by atoms with Crippen LogP contribution in [0.3, 0.4) is 0 Å². The van der Waals surface area contributed by atoms with E-state index in [0.29, 0.717) is 0 Å². The molecule has 1 atom stereocenters. The van der Waals surface area contributed by atoms with Crippen molar-refractivity contribution in [1.82, 2.24) is 0 Å². The molecule has 2 N–H and O–H groups in total. The molecule has 0 aromatic heterocycles. The second-order valence-electron chi connectivity index (χ2n) is 8.21. The van der Waals surface area contributed by atoms with Gasteiger partial charge in [0.25, 0.3) is 0 Å². The van der Waals surface area contributed by atoms with Crippen LogP contribution >= 0.6 is 0 Å². The molecule has 0 amide bonds. The third-order valence-corrected chi connectivity index (χ3v) is 5.72. The van der Waals surface area contributed by atoms with Crippen LogP contribution in [0.15, 0.2) is 43.0 Å². The average Bonchev–Trinajstić information content (AvgIpc) is 2.71. The summed E-state index contributed by atoms with van der Waals surface area (Å²) in [6.07, 6.45) is 21.7. The topological polar surface area (TPSA) is 16.6 Å². The lowest BCUT2D eigenvalue weighted by Gasteiger charge is -2.12. The van der Waals surface area contributed by atoms with Gasteiger partial charge in [-0.2, -0.15) is 0 Å². The van der Waals surface area contributed by atoms with Gasteiger partial charge in [-0.3, -0.25) is 0 Å². The summed E-state index contributed by atoms with van der Waals surface area (Å²) in [5.74, 6) is 0.738. The molecule has 0 fully saturated rings. The molecule has 1 rings (SSSR count). The summed E-state index contributed by atoms with van der Waals surface area (Å²) >= 11 is 0. The summed E-state index contributed by atoms with van der Waals surface area (Å²) in [5.41, 5.74) is 1.46. The summed E-state index contributed by atoms with van der Waals surface area (Å²) < 4.78 is 0. The Hall–Kier alpha value is -0.790. The lowest BCUT2D eigenvalue weighted by atomic mass is 9.95. The van der Waals surface area contributed by atoms with Gasteiger partial charge < -0.3 is 17.7 Å². The van der Waals surface area contributed by atoms with Crippen LogP contribution in [0.2, 0.25) is 0 Å². The van der Waals surface area contributed by atoms with Gasteiger partial charge in [-0.15, -0.1) is 6.58 Å². The maximum Gasteiger partial charge on any atom is 0.0796 e. The number of halogens is 1. The van der Waals surface area contributed by atoms with E-state index in [9.17, 15) is 0 Å². The fraction of sp³-hybridized carbons (Fsp3) is 0.692. The predicted octanol–water partition coefficient (Wildman–Crippen LogP) is 3.69. The summed E-state index contributed by atoms with van der Waals surface area (Å²) in [6, 6.07) is 10.8. The second kappa shape index (κ2) is 20.9. The molecule has 1 nitrogen and oxygen atoms in total. The van der Waals surface area contributed by atoms with E-state index in [4.69, 9.17) is 0 Å². The van der Waals surface area contributed by atoms with Crippen LogP contribution in [0.25, 0.3) is 0 Å². The van der Waals surface area contributed by atoms with Crippen LogP contribution < -0.4 is 17.7 Å². The smallest absolute Gasteiger partial charge is 0.0796 e. The van der Waals surface area contributed by atoms with Gasteiger partial charge in [-0.25, -0.2) is 0 Å². The molecule has 0 heterocycles. The number of unbranched alkanes of at least 4 members (excludes halogenated alkanes) is 9. The third-order valence-electron chi connectivity index (χ3n) is 5.72. The zero-order valence-electron chi connectivity index (χ0n) is 18.5. The quantitative estimate of drug-likeness (QED) is 0.266. The number of quaternary nitrogens is 1. The van der Waals surface area contributed by atoms with Gasteiger partial charge in [-0.1, -0.05) is 108 Å². The molecule has 0 saturated heterocycles. The average molecular weight is 408 g/mol. The molecule has 0 saturated carbocycles. The largest absolute Gasteiger partial charge is 1.00 e. The minimum absolute atomic E-state index is 0. The van der Waals surface area contributed by atoms with E-state index >= 15 is 0 Å². The first-order valence-corrected chi connectivity index (χ1v) is 11.8. The van der Waals surface area contributed by atoms with Gasteiger partial charge in [0, 0.05) is 6.42 Å². The van der Waals surface area contributed by atoms with E-state index in [-0.39, 0.29) is 12.4 Å². The van der Waals surface area contributed by atoms with Crippen LogP contribution in [0, 0.1) is 5.92 Å². The molecule has 1 aromatic rings. The molecule has 1 unspecified atom stereocenters. The SMILES string of the molecule is C=CC(CCCCCCCCCCCC)CCC[NH2+]CCc1ccccc1.[Cl-]. The Balaban J connectivity index is 0.00000729. The molecule has 1 aromatic carbocycles. The predicted molar refractivity (Wildman–Crippen MR) is 121 cm³/mol. The van der Waals surface area contributed by atoms with E-state index in [1.807, 2.05) is 0 Å². The van der Waals surface area contributed by atoms with Gasteiger partial charge in [0.2, 0.25) is 0 Å². The van der Waals surface area contributed by atoms with E-state index in [1.165, 1.54) is 109 Å². The third kappa shape index (κ3) is 16.2. The highest BCUT2D eigenvalue weighted by Crippen LogP contribution is 2.17. The molecular weight excluding hydrogens is 362 g/mol. The lowest BCUT2D eigenvalue weighted by molar-refractivity contribution is -0.654. The molecule has 2 heteroatoms. The van der Waals surface area contributed by atoms with Crippen molar-refractivity contribution in [2.75, 3.05) is 13.1 Å². The summed E-state index contributed by atoms with van der Waals surface area (Å²) in [4.78, 5) is 0. The maximum atomic E-state index is 4.07. The molecule has 0 bridgehead atoms. The van der Waals surface area contributed by atoms with Crippen LogP contribution in [-0.2, 0) is 6.42 Å². The molecule has 0 aliphatic carbocycles. The summed E-state index contributed by atoms with van der Waals surface area (Å²) in [6.45, 7) is 8.83. The van der Waals surface area contributed by atoms with Crippen molar-refractivity contribution in [3.63, 3.8) is 0 Å². The molecular formula is C26H46ClN. The van der Waals surface area contributed by atoms with Crippen molar-refractivity contribution in [3.05, 3.63) is 48.6 Å². The molecule has 0 radical (unpaired) electrons. The van der Waals surface area contributed by atoms with Gasteiger partial charge in [0.05, 0.1) is 13.1 Å². The van der Waals surface area contributed by atoms with Crippen LogP contribution in [0.4, 0.5) is 0 Å². The van der Waals surface area contributed by atoms with Crippen molar-refractivity contribution in [1.29, 1.82) is 0 Å². The monoisotopic (exact) mass is 407 g/mol. The van der Waals surface area contributed by atoms with Gasteiger partial charge in [0.15, 0.2) is 0 Å². The summed E-state index contributed by atoms with van der Waals surface area (Å²) in [7, 11) is 0. The first kappa shape index (κ1) is 27.2. The Labute approximate surface area is 182 Å². The molecule has 28 heavy (non-hydrogen) atoms. The Kier molecular flexibility index (Phi) is 20.3. The number of hydrogen-bond donors (Lipinski definition) is 1. The number of benzene rings is 1. The van der Waals surface area contributed by atoms with Crippen molar-refractivity contribution in [3.8, 4) is 0 Å². The standard InChI is InChI=1S/C26H45N.ClH/c1-3-5-6-7-8-9-10-11-12-14-18-25(4-2)21-17-23-27-24-22-26-19-15-13-16-20-26;/h4,13,15-16,19-20,25,27H,2-3,5-12,14,17-18,21-24H2,1H3;1H. The number of nitrogens with two attached hydrogens (primary N) is 1. The Morgan fingerprint density at radius 3 is 1.96 bits per heavy atom. The number of hydrogen-bond acceptors (Lipinski definition) is 0. The van der Waals surface area contributed by atoms with Crippen molar-refractivity contribution < 1.29 is 17.7 Å². The first-order valence-electron chi connectivity index (χ1n) is 11.8. The highest BCUT2D eigenvalue weighted by atomic mass is 35.5. The minimum Gasteiger partial charge on any atom is -1.00 e. The fourth-order valence-electron chi connectivity index (χ4n) is 3.86. The van der Waals surface area contributed by atoms with Crippen molar-refractivity contribution in [2.24, 2.45) is 5.92 Å². The van der Waals surface area contributed by atoms with Crippen LogP contribution in [0.5, 0.6) is 0 Å². The number of allylic oxidation sites excluding steroid dienone is 1. The Morgan fingerprint density at radius 2 is 1.36 bits per heavy atom.